The van der Waals surface area contributed by atoms with Crippen molar-refractivity contribution in [3.8, 4) is 0 Å². The van der Waals surface area contributed by atoms with Gasteiger partial charge in [-0.05, 0) is 43.0 Å². The van der Waals surface area contributed by atoms with Gasteiger partial charge in [0.15, 0.2) is 0 Å². The van der Waals surface area contributed by atoms with Crippen molar-refractivity contribution in [2.45, 2.75) is 25.8 Å². The predicted octanol–water partition coefficient (Wildman–Crippen LogP) is 2.88. The molecule has 0 spiro atoms. The summed E-state index contributed by atoms with van der Waals surface area (Å²) in [5.41, 5.74) is 1.38. The first-order valence-electron chi connectivity index (χ1n) is 5.22. The Bertz CT molecular complexity index is 294. The van der Waals surface area contributed by atoms with Gasteiger partial charge in [0.05, 0.1) is 0 Å². The second-order valence-electron chi connectivity index (χ2n) is 4.28. The van der Waals surface area contributed by atoms with Crippen LogP contribution < -0.4 is 5.32 Å². The molecule has 1 saturated heterocycles. The fourth-order valence-corrected chi connectivity index (χ4v) is 2.21. The van der Waals surface area contributed by atoms with Crippen molar-refractivity contribution in [3.63, 3.8) is 0 Å². The Morgan fingerprint density at radius 2 is 2.07 bits per heavy atom. The van der Waals surface area contributed by atoms with Crippen LogP contribution in [0.3, 0.4) is 0 Å². The van der Waals surface area contributed by atoms with E-state index in [0.717, 1.165) is 23.9 Å². The zero-order valence-electron chi connectivity index (χ0n) is 8.46. The van der Waals surface area contributed by atoms with Crippen LogP contribution in [0.5, 0.6) is 0 Å². The molecule has 1 aromatic rings. The standard InChI is InChI=1S/C12H16ClN/c1-9-6-12(14-8-9)7-10-2-4-11(13)5-3-10/h2-5,9,12,14H,6-8H2,1H3/t9-,12+/m0/s1. The van der Waals surface area contributed by atoms with E-state index in [0.29, 0.717) is 6.04 Å². The van der Waals surface area contributed by atoms with Gasteiger partial charge in [-0.1, -0.05) is 30.7 Å². The van der Waals surface area contributed by atoms with Crippen LogP contribution in [0.25, 0.3) is 0 Å². The van der Waals surface area contributed by atoms with Crippen LogP contribution in [-0.4, -0.2) is 12.6 Å². The van der Waals surface area contributed by atoms with Gasteiger partial charge in [0.2, 0.25) is 0 Å². The van der Waals surface area contributed by atoms with Gasteiger partial charge in [-0.15, -0.1) is 0 Å². The number of nitrogens with one attached hydrogen (secondary N) is 1. The van der Waals surface area contributed by atoms with Crippen molar-refractivity contribution in [2.75, 3.05) is 6.54 Å². The lowest BCUT2D eigenvalue weighted by Crippen LogP contribution is -2.23. The lowest BCUT2D eigenvalue weighted by Gasteiger charge is -2.09. The summed E-state index contributed by atoms with van der Waals surface area (Å²) in [6, 6.07) is 8.83. The smallest absolute Gasteiger partial charge is 0.0406 e. The Labute approximate surface area is 90.5 Å². The summed E-state index contributed by atoms with van der Waals surface area (Å²) in [4.78, 5) is 0. The molecule has 0 unspecified atom stereocenters. The van der Waals surface area contributed by atoms with Crippen molar-refractivity contribution in [2.24, 2.45) is 5.92 Å². The fourth-order valence-electron chi connectivity index (χ4n) is 2.08. The van der Waals surface area contributed by atoms with E-state index in [9.17, 15) is 0 Å². The van der Waals surface area contributed by atoms with Crippen molar-refractivity contribution in [3.05, 3.63) is 34.9 Å². The van der Waals surface area contributed by atoms with Crippen molar-refractivity contribution in [1.82, 2.24) is 5.32 Å². The first-order chi connectivity index (χ1) is 6.74. The molecule has 1 heterocycles. The molecule has 1 fully saturated rings. The van der Waals surface area contributed by atoms with Crippen LogP contribution in [0.4, 0.5) is 0 Å². The summed E-state index contributed by atoms with van der Waals surface area (Å²) in [6.07, 6.45) is 2.42. The molecular weight excluding hydrogens is 194 g/mol. The van der Waals surface area contributed by atoms with E-state index in [2.05, 4.69) is 24.4 Å². The molecule has 76 valence electrons. The highest BCUT2D eigenvalue weighted by molar-refractivity contribution is 6.30. The molecular formula is C12H16ClN. The highest BCUT2D eigenvalue weighted by Crippen LogP contribution is 2.18. The summed E-state index contributed by atoms with van der Waals surface area (Å²) >= 11 is 5.84. The largest absolute Gasteiger partial charge is 0.313 e. The highest BCUT2D eigenvalue weighted by atomic mass is 35.5. The quantitative estimate of drug-likeness (QED) is 0.790. The number of hydrogen-bond donors (Lipinski definition) is 1. The summed E-state index contributed by atoms with van der Waals surface area (Å²) < 4.78 is 0. The zero-order valence-corrected chi connectivity index (χ0v) is 9.22. The molecule has 0 bridgehead atoms. The first-order valence-corrected chi connectivity index (χ1v) is 5.59. The van der Waals surface area contributed by atoms with Crippen molar-refractivity contribution in [1.29, 1.82) is 0 Å². The van der Waals surface area contributed by atoms with Crippen LogP contribution in [0.1, 0.15) is 18.9 Å². The third kappa shape index (κ3) is 2.49. The van der Waals surface area contributed by atoms with Gasteiger partial charge in [-0.25, -0.2) is 0 Å². The maximum absolute atomic E-state index is 5.84. The first kappa shape index (κ1) is 10.0. The van der Waals surface area contributed by atoms with Crippen LogP contribution in [0, 0.1) is 5.92 Å². The van der Waals surface area contributed by atoms with Gasteiger partial charge in [0.1, 0.15) is 0 Å². The molecule has 1 aliphatic rings. The summed E-state index contributed by atoms with van der Waals surface area (Å²) in [5.74, 6) is 0.826. The van der Waals surface area contributed by atoms with Gasteiger partial charge < -0.3 is 5.32 Å². The molecule has 1 aromatic carbocycles. The van der Waals surface area contributed by atoms with E-state index < -0.39 is 0 Å². The van der Waals surface area contributed by atoms with Crippen LogP contribution in [-0.2, 0) is 6.42 Å². The second kappa shape index (κ2) is 4.33. The van der Waals surface area contributed by atoms with Gasteiger partial charge >= 0.3 is 0 Å². The van der Waals surface area contributed by atoms with E-state index in [1.807, 2.05) is 12.1 Å². The fraction of sp³-hybridized carbons (Fsp3) is 0.500. The molecule has 1 N–H and O–H groups in total. The SMILES string of the molecule is C[C@@H]1CN[C@@H](Cc2ccc(Cl)cc2)C1. The molecule has 0 aliphatic carbocycles. The molecule has 0 radical (unpaired) electrons. The average molecular weight is 210 g/mol. The molecule has 0 saturated carbocycles. The molecule has 1 aliphatic heterocycles. The minimum atomic E-state index is 0.658. The molecule has 14 heavy (non-hydrogen) atoms. The molecule has 0 amide bonds. The van der Waals surface area contributed by atoms with E-state index in [-0.39, 0.29) is 0 Å². The molecule has 2 heteroatoms. The van der Waals surface area contributed by atoms with Crippen LogP contribution in [0.2, 0.25) is 5.02 Å². The third-order valence-corrected chi connectivity index (χ3v) is 3.09. The monoisotopic (exact) mass is 209 g/mol. The maximum atomic E-state index is 5.84. The number of benzene rings is 1. The lowest BCUT2D eigenvalue weighted by atomic mass is 10.0. The second-order valence-corrected chi connectivity index (χ2v) is 4.71. The van der Waals surface area contributed by atoms with Crippen LogP contribution >= 0.6 is 11.6 Å². The Balaban J connectivity index is 1.94. The average Bonchev–Trinajstić information content (AvgIpc) is 2.56. The van der Waals surface area contributed by atoms with E-state index in [1.54, 1.807) is 0 Å². The van der Waals surface area contributed by atoms with E-state index in [4.69, 9.17) is 11.6 Å². The van der Waals surface area contributed by atoms with Gasteiger partial charge in [-0.3, -0.25) is 0 Å². The highest BCUT2D eigenvalue weighted by Gasteiger charge is 2.20. The van der Waals surface area contributed by atoms with Gasteiger partial charge in [0, 0.05) is 11.1 Å². The Hall–Kier alpha value is -0.530. The molecule has 2 atom stereocenters. The maximum Gasteiger partial charge on any atom is 0.0406 e. The lowest BCUT2D eigenvalue weighted by molar-refractivity contribution is 0.581. The van der Waals surface area contributed by atoms with Gasteiger partial charge in [0.25, 0.3) is 0 Å². The van der Waals surface area contributed by atoms with Crippen molar-refractivity contribution >= 4 is 11.6 Å². The minimum Gasteiger partial charge on any atom is -0.313 e. The number of hydrogen-bond acceptors (Lipinski definition) is 1. The molecule has 1 nitrogen and oxygen atoms in total. The van der Waals surface area contributed by atoms with E-state index in [1.165, 1.54) is 12.0 Å². The summed E-state index contributed by atoms with van der Waals surface area (Å²) in [5, 5.41) is 4.36. The summed E-state index contributed by atoms with van der Waals surface area (Å²) in [7, 11) is 0. The topological polar surface area (TPSA) is 12.0 Å². The van der Waals surface area contributed by atoms with E-state index >= 15 is 0 Å². The number of rotatable bonds is 2. The normalized spacial score (nSPS) is 26.7. The Kier molecular flexibility index (Phi) is 3.09. The van der Waals surface area contributed by atoms with Gasteiger partial charge in [-0.2, -0.15) is 0 Å². The molecule has 0 aromatic heterocycles. The molecule has 2 rings (SSSR count). The Morgan fingerprint density at radius 1 is 1.36 bits per heavy atom. The Morgan fingerprint density at radius 3 is 2.64 bits per heavy atom. The third-order valence-electron chi connectivity index (χ3n) is 2.84. The van der Waals surface area contributed by atoms with Crippen molar-refractivity contribution < 1.29 is 0 Å². The van der Waals surface area contributed by atoms with Crippen LogP contribution in [0.15, 0.2) is 24.3 Å². The summed E-state index contributed by atoms with van der Waals surface area (Å²) in [6.45, 7) is 3.47. The number of halogens is 1. The predicted molar refractivity (Wildman–Crippen MR) is 60.7 cm³/mol. The zero-order chi connectivity index (χ0) is 9.97. The minimum absolute atomic E-state index is 0.658.